The van der Waals surface area contributed by atoms with Crippen LogP contribution in [0.1, 0.15) is 66.2 Å². The first-order valence-corrected chi connectivity index (χ1v) is 7.96. The zero-order valence-corrected chi connectivity index (χ0v) is 13.0. The van der Waals surface area contributed by atoms with Crippen LogP contribution >= 0.6 is 0 Å². The molecule has 1 amide bonds. The van der Waals surface area contributed by atoms with Crippen LogP contribution in [0.25, 0.3) is 0 Å². The van der Waals surface area contributed by atoms with Gasteiger partial charge in [0.1, 0.15) is 0 Å². The van der Waals surface area contributed by atoms with Gasteiger partial charge in [-0.3, -0.25) is 4.79 Å². The van der Waals surface area contributed by atoms with Crippen LogP contribution < -0.4 is 10.6 Å². The molecule has 2 fully saturated rings. The fourth-order valence-electron chi connectivity index (χ4n) is 3.79. The normalized spacial score (nSPS) is 38.7. The summed E-state index contributed by atoms with van der Waals surface area (Å²) in [6.45, 7) is 8.91. The lowest BCUT2D eigenvalue weighted by molar-refractivity contribution is -0.131. The van der Waals surface area contributed by atoms with E-state index >= 15 is 0 Å². The lowest BCUT2D eigenvalue weighted by atomic mass is 9.68. The second-order valence-corrected chi connectivity index (χ2v) is 7.34. The number of carbonyl (C=O) groups excluding carboxylic acids is 1. The smallest absolute Gasteiger partial charge is 0.223 e. The molecule has 19 heavy (non-hydrogen) atoms. The van der Waals surface area contributed by atoms with Gasteiger partial charge in [-0.1, -0.05) is 26.7 Å². The highest BCUT2D eigenvalue weighted by atomic mass is 16.2. The van der Waals surface area contributed by atoms with Gasteiger partial charge in [-0.25, -0.2) is 0 Å². The Hall–Kier alpha value is -0.570. The van der Waals surface area contributed by atoms with Crippen molar-refractivity contribution in [3.8, 4) is 0 Å². The molecule has 4 atom stereocenters. The Morgan fingerprint density at radius 1 is 1.16 bits per heavy atom. The summed E-state index contributed by atoms with van der Waals surface area (Å²) in [5, 5.41) is 6.86. The number of nitrogens with one attached hydrogen (secondary N) is 2. The molecule has 0 radical (unpaired) electrons. The Bertz CT molecular complexity index is 327. The van der Waals surface area contributed by atoms with Gasteiger partial charge < -0.3 is 10.6 Å². The van der Waals surface area contributed by atoms with Crippen LogP contribution in [0, 0.1) is 11.3 Å². The highest BCUT2D eigenvalue weighted by molar-refractivity contribution is 5.80. The van der Waals surface area contributed by atoms with E-state index in [9.17, 15) is 4.79 Å². The van der Waals surface area contributed by atoms with E-state index in [0.29, 0.717) is 18.1 Å². The Labute approximate surface area is 117 Å². The molecule has 0 spiro atoms. The van der Waals surface area contributed by atoms with Crippen molar-refractivity contribution in [2.75, 3.05) is 0 Å². The van der Waals surface area contributed by atoms with Gasteiger partial charge in [0.05, 0.1) is 0 Å². The molecule has 0 bridgehead atoms. The minimum atomic E-state index is 0.168. The minimum Gasteiger partial charge on any atom is -0.352 e. The molecule has 2 rings (SSSR count). The van der Waals surface area contributed by atoms with Gasteiger partial charge in [-0.2, -0.15) is 0 Å². The standard InChI is InChI=1S/C16H30N2O/c1-11-8-9-14(12(2)17-11)18-15(19)13-7-5-6-10-16(13,3)4/h11-14,17H,5-10H2,1-4H3,(H,18,19). The van der Waals surface area contributed by atoms with Crippen molar-refractivity contribution < 1.29 is 4.79 Å². The van der Waals surface area contributed by atoms with E-state index in [4.69, 9.17) is 0 Å². The molecule has 3 heteroatoms. The van der Waals surface area contributed by atoms with Crippen LogP contribution in [0.2, 0.25) is 0 Å². The van der Waals surface area contributed by atoms with Crippen molar-refractivity contribution in [1.29, 1.82) is 0 Å². The van der Waals surface area contributed by atoms with E-state index in [0.717, 1.165) is 19.3 Å². The van der Waals surface area contributed by atoms with Gasteiger partial charge in [-0.05, 0) is 44.9 Å². The zero-order chi connectivity index (χ0) is 14.0. The third kappa shape index (κ3) is 3.50. The monoisotopic (exact) mass is 266 g/mol. The quantitative estimate of drug-likeness (QED) is 0.807. The highest BCUT2D eigenvalue weighted by Crippen LogP contribution is 2.40. The molecule has 1 heterocycles. The summed E-state index contributed by atoms with van der Waals surface area (Å²) in [6, 6.07) is 1.27. The maximum Gasteiger partial charge on any atom is 0.223 e. The molecule has 1 saturated heterocycles. The fourth-order valence-corrected chi connectivity index (χ4v) is 3.79. The first kappa shape index (κ1) is 14.8. The van der Waals surface area contributed by atoms with Gasteiger partial charge in [-0.15, -0.1) is 0 Å². The third-order valence-electron chi connectivity index (χ3n) is 5.21. The zero-order valence-electron chi connectivity index (χ0n) is 13.0. The summed E-state index contributed by atoms with van der Waals surface area (Å²) < 4.78 is 0. The largest absolute Gasteiger partial charge is 0.352 e. The highest BCUT2D eigenvalue weighted by Gasteiger charge is 2.38. The SMILES string of the molecule is CC1CCC(NC(=O)C2CCCCC2(C)C)C(C)N1. The molecule has 0 aromatic carbocycles. The van der Waals surface area contributed by atoms with E-state index in [1.807, 2.05) is 0 Å². The van der Waals surface area contributed by atoms with Crippen LogP contribution in [0.15, 0.2) is 0 Å². The Morgan fingerprint density at radius 2 is 1.89 bits per heavy atom. The lowest BCUT2D eigenvalue weighted by Gasteiger charge is -2.40. The topological polar surface area (TPSA) is 41.1 Å². The molecule has 1 aliphatic carbocycles. The van der Waals surface area contributed by atoms with Gasteiger partial charge in [0.25, 0.3) is 0 Å². The van der Waals surface area contributed by atoms with Crippen LogP contribution in [0.3, 0.4) is 0 Å². The molecule has 110 valence electrons. The number of carbonyl (C=O) groups is 1. The Balaban J connectivity index is 1.93. The van der Waals surface area contributed by atoms with Gasteiger partial charge in [0, 0.05) is 24.0 Å². The average Bonchev–Trinajstić information content (AvgIpc) is 2.32. The number of hydrogen-bond donors (Lipinski definition) is 2. The lowest BCUT2D eigenvalue weighted by Crippen LogP contribution is -2.56. The molecule has 1 saturated carbocycles. The van der Waals surface area contributed by atoms with Gasteiger partial charge in [0.15, 0.2) is 0 Å². The number of hydrogen-bond acceptors (Lipinski definition) is 2. The van der Waals surface area contributed by atoms with E-state index in [1.54, 1.807) is 0 Å². The van der Waals surface area contributed by atoms with E-state index in [1.165, 1.54) is 19.3 Å². The maximum absolute atomic E-state index is 12.6. The molecule has 2 aliphatic rings. The molecular weight excluding hydrogens is 236 g/mol. The van der Waals surface area contributed by atoms with E-state index in [-0.39, 0.29) is 17.2 Å². The molecule has 0 aromatic heterocycles. The third-order valence-corrected chi connectivity index (χ3v) is 5.21. The van der Waals surface area contributed by atoms with Crippen molar-refractivity contribution in [3.05, 3.63) is 0 Å². The summed E-state index contributed by atoms with van der Waals surface area (Å²) >= 11 is 0. The Morgan fingerprint density at radius 3 is 2.53 bits per heavy atom. The molecule has 4 unspecified atom stereocenters. The van der Waals surface area contributed by atoms with Crippen molar-refractivity contribution >= 4 is 5.91 Å². The summed E-state index contributed by atoms with van der Waals surface area (Å²) in [5.41, 5.74) is 0.168. The van der Waals surface area contributed by atoms with Crippen molar-refractivity contribution in [1.82, 2.24) is 10.6 Å². The predicted molar refractivity (Wildman–Crippen MR) is 79.0 cm³/mol. The van der Waals surface area contributed by atoms with E-state index in [2.05, 4.69) is 38.3 Å². The number of piperidine rings is 1. The predicted octanol–water partition coefficient (Wildman–Crippen LogP) is 2.85. The van der Waals surface area contributed by atoms with Crippen LogP contribution in [0.5, 0.6) is 0 Å². The van der Waals surface area contributed by atoms with E-state index < -0.39 is 0 Å². The molecular formula is C16H30N2O. The van der Waals surface area contributed by atoms with Crippen LogP contribution in [-0.2, 0) is 4.79 Å². The average molecular weight is 266 g/mol. The molecule has 0 aromatic rings. The number of amides is 1. The van der Waals surface area contributed by atoms with Gasteiger partial charge in [0.2, 0.25) is 5.91 Å². The molecule has 2 N–H and O–H groups in total. The summed E-state index contributed by atoms with van der Waals surface area (Å²) in [5.74, 6) is 0.491. The maximum atomic E-state index is 12.6. The molecule has 1 aliphatic heterocycles. The summed E-state index contributed by atoms with van der Waals surface area (Å²) in [7, 11) is 0. The first-order chi connectivity index (χ1) is 8.90. The second kappa shape index (κ2) is 5.82. The summed E-state index contributed by atoms with van der Waals surface area (Å²) in [4.78, 5) is 12.6. The van der Waals surface area contributed by atoms with Crippen LogP contribution in [0.4, 0.5) is 0 Å². The summed E-state index contributed by atoms with van der Waals surface area (Å²) in [6.07, 6.45) is 6.98. The van der Waals surface area contributed by atoms with Gasteiger partial charge >= 0.3 is 0 Å². The van der Waals surface area contributed by atoms with Crippen molar-refractivity contribution in [2.24, 2.45) is 11.3 Å². The fraction of sp³-hybridized carbons (Fsp3) is 0.938. The van der Waals surface area contributed by atoms with Crippen molar-refractivity contribution in [3.63, 3.8) is 0 Å². The molecule has 3 nitrogen and oxygen atoms in total. The number of rotatable bonds is 2. The second-order valence-electron chi connectivity index (χ2n) is 7.34. The minimum absolute atomic E-state index is 0.168. The Kier molecular flexibility index (Phi) is 4.54. The first-order valence-electron chi connectivity index (χ1n) is 7.96. The van der Waals surface area contributed by atoms with Crippen LogP contribution in [-0.4, -0.2) is 24.0 Å². The van der Waals surface area contributed by atoms with Crippen molar-refractivity contribution in [2.45, 2.75) is 84.3 Å².